The average molecular weight is 530 g/mol. The molecule has 0 aliphatic carbocycles. The zero-order valence-corrected chi connectivity index (χ0v) is 22.6. The second-order valence-electron chi connectivity index (χ2n) is 11.4. The first-order chi connectivity index (χ1) is 18.3. The van der Waals surface area contributed by atoms with Gasteiger partial charge in [0.15, 0.2) is 5.75 Å². The van der Waals surface area contributed by atoms with Crippen LogP contribution in [0.15, 0.2) is 16.9 Å². The van der Waals surface area contributed by atoms with Crippen molar-refractivity contribution in [2.45, 2.75) is 70.4 Å². The van der Waals surface area contributed by atoms with Crippen molar-refractivity contribution >= 4 is 18.0 Å². The maximum Gasteiger partial charge on any atom is 0.407 e. The van der Waals surface area contributed by atoms with E-state index < -0.39 is 11.7 Å². The van der Waals surface area contributed by atoms with Gasteiger partial charge in [-0.05, 0) is 63.9 Å². The number of rotatable bonds is 7. The van der Waals surface area contributed by atoms with Crippen LogP contribution in [0.2, 0.25) is 0 Å². The lowest BCUT2D eigenvalue weighted by Crippen LogP contribution is -2.40. The van der Waals surface area contributed by atoms with Crippen LogP contribution < -0.4 is 19.9 Å². The van der Waals surface area contributed by atoms with Crippen molar-refractivity contribution in [3.63, 3.8) is 0 Å². The molecule has 5 rings (SSSR count). The van der Waals surface area contributed by atoms with Gasteiger partial charge in [0, 0.05) is 45.3 Å². The highest BCUT2D eigenvalue weighted by atomic mass is 16.6. The van der Waals surface area contributed by atoms with Gasteiger partial charge in [0.05, 0.1) is 25.0 Å². The van der Waals surface area contributed by atoms with Crippen molar-refractivity contribution in [2.75, 3.05) is 55.8 Å². The Kier molecular flexibility index (Phi) is 8.15. The molecule has 0 bridgehead atoms. The Bertz CT molecular complexity index is 1040. The third-order valence-corrected chi connectivity index (χ3v) is 7.19. The van der Waals surface area contributed by atoms with Crippen molar-refractivity contribution in [1.29, 1.82) is 0 Å². The number of nitrogens with one attached hydrogen (secondary N) is 1. The lowest BCUT2D eigenvalue weighted by atomic mass is 9.98. The Morgan fingerprint density at radius 1 is 1.03 bits per heavy atom. The minimum Gasteiger partial charge on any atom is -0.490 e. The molecular formula is C26H39N7O5. The third-order valence-electron chi connectivity index (χ3n) is 7.19. The van der Waals surface area contributed by atoms with Crippen LogP contribution in [0.3, 0.4) is 0 Å². The van der Waals surface area contributed by atoms with Crippen molar-refractivity contribution in [2.24, 2.45) is 5.92 Å². The second-order valence-corrected chi connectivity index (χ2v) is 11.4. The zero-order chi connectivity index (χ0) is 26.5. The monoisotopic (exact) mass is 529 g/mol. The summed E-state index contributed by atoms with van der Waals surface area (Å²) in [5.41, 5.74) is -0.513. The Labute approximate surface area is 223 Å². The highest BCUT2D eigenvalue weighted by Gasteiger charge is 2.28. The topological polar surface area (TPSA) is 128 Å². The van der Waals surface area contributed by atoms with Crippen LogP contribution in [0, 0.1) is 5.92 Å². The number of alkyl carbamates (subject to hydrolysis) is 1. The first kappa shape index (κ1) is 26.5. The lowest BCUT2D eigenvalue weighted by molar-refractivity contribution is 0.0509. The number of amides is 1. The number of carbonyl (C=O) groups excluding carboxylic acids is 1. The molecule has 5 heterocycles. The number of hydrogen-bond acceptors (Lipinski definition) is 11. The molecule has 2 aromatic rings. The largest absolute Gasteiger partial charge is 0.490 e. The van der Waals surface area contributed by atoms with E-state index in [9.17, 15) is 4.79 Å². The Morgan fingerprint density at radius 2 is 1.74 bits per heavy atom. The number of piperidine rings is 1. The Balaban J connectivity index is 1.03. The molecule has 3 aliphatic rings. The van der Waals surface area contributed by atoms with Gasteiger partial charge < -0.3 is 33.9 Å². The number of anilines is 2. The van der Waals surface area contributed by atoms with E-state index >= 15 is 0 Å². The molecule has 3 saturated heterocycles. The van der Waals surface area contributed by atoms with Crippen molar-refractivity contribution < 1.29 is 23.5 Å². The summed E-state index contributed by atoms with van der Waals surface area (Å²) in [6, 6.07) is 0.0103. The predicted octanol–water partition coefficient (Wildman–Crippen LogP) is 3.15. The van der Waals surface area contributed by atoms with Crippen LogP contribution in [0.5, 0.6) is 5.75 Å². The van der Waals surface area contributed by atoms with E-state index in [0.29, 0.717) is 42.6 Å². The quantitative estimate of drug-likeness (QED) is 0.568. The number of aromatic nitrogens is 4. The van der Waals surface area contributed by atoms with E-state index in [2.05, 4.69) is 35.2 Å². The van der Waals surface area contributed by atoms with E-state index in [1.165, 1.54) is 0 Å². The fourth-order valence-corrected chi connectivity index (χ4v) is 5.06. The molecule has 1 amide bonds. The van der Waals surface area contributed by atoms with E-state index in [-0.39, 0.29) is 6.04 Å². The summed E-state index contributed by atoms with van der Waals surface area (Å²) in [7, 11) is 0. The molecule has 3 aliphatic heterocycles. The van der Waals surface area contributed by atoms with Gasteiger partial charge in [-0.15, -0.1) is 0 Å². The van der Waals surface area contributed by atoms with E-state index in [1.54, 1.807) is 12.4 Å². The van der Waals surface area contributed by atoms with Crippen molar-refractivity contribution in [1.82, 2.24) is 25.4 Å². The first-order valence-electron chi connectivity index (χ1n) is 13.7. The van der Waals surface area contributed by atoms with Crippen LogP contribution in [-0.2, 0) is 9.47 Å². The van der Waals surface area contributed by atoms with Gasteiger partial charge in [-0.1, -0.05) is 0 Å². The SMILES string of the molecule is CC(C)(C)OC(=O)NC1CCN(c2ncc(OCC3CCN(c4noc(C5CCOCC5)n4)CC3)cn2)C1. The molecule has 0 spiro atoms. The fraction of sp³-hybridized carbons (Fsp3) is 0.731. The van der Waals surface area contributed by atoms with Crippen LogP contribution >= 0.6 is 0 Å². The van der Waals surface area contributed by atoms with Gasteiger partial charge in [-0.25, -0.2) is 14.8 Å². The number of nitrogens with zero attached hydrogens (tertiary/aromatic N) is 6. The molecule has 0 aromatic carbocycles. The van der Waals surface area contributed by atoms with Gasteiger partial charge in [0.1, 0.15) is 5.60 Å². The highest BCUT2D eigenvalue weighted by Crippen LogP contribution is 2.28. The van der Waals surface area contributed by atoms with E-state index in [4.69, 9.17) is 18.7 Å². The van der Waals surface area contributed by atoms with Crippen LogP contribution in [0.25, 0.3) is 0 Å². The Morgan fingerprint density at radius 3 is 2.45 bits per heavy atom. The third kappa shape index (κ3) is 7.03. The summed E-state index contributed by atoms with van der Waals surface area (Å²) in [4.78, 5) is 29.9. The number of ether oxygens (including phenoxy) is 3. The van der Waals surface area contributed by atoms with E-state index in [1.807, 2.05) is 20.8 Å². The van der Waals surface area contributed by atoms with Gasteiger partial charge in [0.25, 0.3) is 5.95 Å². The maximum absolute atomic E-state index is 12.0. The second kappa shape index (κ2) is 11.7. The lowest BCUT2D eigenvalue weighted by Gasteiger charge is -2.30. The average Bonchev–Trinajstić information content (AvgIpc) is 3.58. The van der Waals surface area contributed by atoms with Gasteiger partial charge in [0.2, 0.25) is 11.8 Å². The smallest absolute Gasteiger partial charge is 0.407 e. The summed E-state index contributed by atoms with van der Waals surface area (Å²) < 4.78 is 22.3. The van der Waals surface area contributed by atoms with Crippen LogP contribution in [0.4, 0.5) is 16.7 Å². The summed E-state index contributed by atoms with van der Waals surface area (Å²) in [6.07, 6.45) is 7.76. The molecule has 1 unspecified atom stereocenters. The minimum absolute atomic E-state index is 0.0103. The molecule has 1 N–H and O–H groups in total. The summed E-state index contributed by atoms with van der Waals surface area (Å²) in [6.45, 7) is 10.9. The molecule has 2 aromatic heterocycles. The van der Waals surface area contributed by atoms with Crippen LogP contribution in [0.1, 0.15) is 64.7 Å². The van der Waals surface area contributed by atoms with Gasteiger partial charge in [-0.3, -0.25) is 0 Å². The predicted molar refractivity (Wildman–Crippen MR) is 140 cm³/mol. The van der Waals surface area contributed by atoms with Gasteiger partial charge in [-0.2, -0.15) is 4.98 Å². The molecule has 0 radical (unpaired) electrons. The van der Waals surface area contributed by atoms with Crippen molar-refractivity contribution in [3.05, 3.63) is 18.3 Å². The minimum atomic E-state index is -0.513. The molecule has 208 valence electrons. The standard InChI is InChI=1S/C26H39N7O5/c1-26(2,3)37-25(34)29-20-6-11-33(16-20)23-27-14-21(15-28-23)36-17-18-4-9-32(10-5-18)24-30-22(38-31-24)19-7-12-35-13-8-19/h14-15,18-20H,4-13,16-17H2,1-3H3,(H,29,34). The first-order valence-corrected chi connectivity index (χ1v) is 13.7. The molecule has 1 atom stereocenters. The zero-order valence-electron chi connectivity index (χ0n) is 22.6. The van der Waals surface area contributed by atoms with Crippen LogP contribution in [-0.4, -0.2) is 83.8 Å². The normalized spacial score (nSPS) is 21.5. The number of hydrogen-bond donors (Lipinski definition) is 1. The molecular weight excluding hydrogens is 490 g/mol. The molecule has 38 heavy (non-hydrogen) atoms. The van der Waals surface area contributed by atoms with Gasteiger partial charge >= 0.3 is 6.09 Å². The highest BCUT2D eigenvalue weighted by molar-refractivity contribution is 5.68. The Hall–Kier alpha value is -3.15. The molecule has 3 fully saturated rings. The fourth-order valence-electron chi connectivity index (χ4n) is 5.06. The molecule has 12 nitrogen and oxygen atoms in total. The maximum atomic E-state index is 12.0. The van der Waals surface area contributed by atoms with E-state index in [0.717, 1.165) is 70.8 Å². The number of carbonyl (C=O) groups is 1. The summed E-state index contributed by atoms with van der Waals surface area (Å²) in [5.74, 6) is 3.50. The molecule has 0 saturated carbocycles. The summed E-state index contributed by atoms with van der Waals surface area (Å²) >= 11 is 0. The van der Waals surface area contributed by atoms with Crippen molar-refractivity contribution in [3.8, 4) is 5.75 Å². The summed E-state index contributed by atoms with van der Waals surface area (Å²) in [5, 5.41) is 7.16. The molecule has 12 heteroatoms.